The Hall–Kier alpha value is -0.272. The van der Waals surface area contributed by atoms with Gasteiger partial charge in [0.15, 0.2) is 0 Å². The maximum absolute atomic E-state index is 11.0. The van der Waals surface area contributed by atoms with Gasteiger partial charge in [-0.1, -0.05) is 0 Å². The van der Waals surface area contributed by atoms with Crippen molar-refractivity contribution in [3.63, 3.8) is 0 Å². The molecule has 0 atom stereocenters. The van der Waals surface area contributed by atoms with E-state index in [0.29, 0.717) is 5.56 Å². The van der Waals surface area contributed by atoms with E-state index in [-0.39, 0.29) is 5.12 Å². The van der Waals surface area contributed by atoms with E-state index in [9.17, 15) is 4.79 Å². The summed E-state index contributed by atoms with van der Waals surface area (Å²) in [6.45, 7) is 0. The summed E-state index contributed by atoms with van der Waals surface area (Å²) in [5, 5.41) is -0.179. The van der Waals surface area contributed by atoms with Gasteiger partial charge in [-0.25, -0.2) is 0 Å². The van der Waals surface area contributed by atoms with E-state index in [4.69, 9.17) is 0 Å². The minimum absolute atomic E-state index is 0.179. The predicted molar refractivity (Wildman–Crippen MR) is 54.7 cm³/mol. The maximum atomic E-state index is 11.0. The van der Waals surface area contributed by atoms with Crippen LogP contribution in [0.2, 0.25) is 11.4 Å². The second-order valence-electron chi connectivity index (χ2n) is 2.57. The number of carbonyl (C=O) groups is 1. The third-order valence-electron chi connectivity index (χ3n) is 1.44. The third-order valence-corrected chi connectivity index (χ3v) is 4.21. The number of rotatable bonds is 2. The topological polar surface area (TPSA) is 30.0 Å². The Morgan fingerprint density at radius 2 is 2.25 bits per heavy atom. The van der Waals surface area contributed by atoms with Crippen LogP contribution in [0.3, 0.4) is 0 Å². The van der Waals surface area contributed by atoms with Crippen LogP contribution in [-0.2, 0) is 0 Å². The zero-order valence-electron chi connectivity index (χ0n) is 6.98. The van der Waals surface area contributed by atoms with Gasteiger partial charge < -0.3 is 0 Å². The summed E-state index contributed by atoms with van der Waals surface area (Å²) in [7, 11) is 0. The molecule has 1 heterocycles. The van der Waals surface area contributed by atoms with E-state index in [0.717, 1.165) is 4.48 Å². The predicted octanol–water partition coefficient (Wildman–Crippen LogP) is 1.11. The Labute approximate surface area is 82.1 Å². The monoisotopic (exact) mass is 243 g/mol. The van der Waals surface area contributed by atoms with E-state index >= 15 is 0 Å². The van der Waals surface area contributed by atoms with E-state index in [1.165, 1.54) is 0 Å². The molecule has 2 nitrogen and oxygen atoms in total. The Balaban J connectivity index is 3.17. The normalized spacial score (nSPS) is 10.3. The first kappa shape index (κ1) is 9.81. The Morgan fingerprint density at radius 1 is 1.58 bits per heavy atom. The minimum atomic E-state index is -1.07. The third kappa shape index (κ3) is 2.11. The Bertz CT molecular complexity index is 301. The van der Waals surface area contributed by atoms with E-state index in [1.807, 2.05) is 0 Å². The molecular weight excluding hydrogens is 233 g/mol. The fraction of sp³-hybridized carbons (Fsp3) is 0.250. The van der Waals surface area contributed by atoms with Crippen LogP contribution in [0, 0.1) is 0 Å². The van der Waals surface area contributed by atoms with Crippen LogP contribution in [0.1, 0.15) is 10.4 Å². The number of aromatic nitrogens is 1. The molecule has 4 heteroatoms. The number of pyridine rings is 1. The van der Waals surface area contributed by atoms with Crippen molar-refractivity contribution in [1.29, 1.82) is 0 Å². The zero-order chi connectivity index (χ0) is 9.14. The first-order chi connectivity index (χ1) is 5.63. The van der Waals surface area contributed by atoms with Crippen molar-refractivity contribution >= 4 is 36.9 Å². The molecule has 0 aromatic carbocycles. The van der Waals surface area contributed by atoms with E-state index in [2.05, 4.69) is 29.0 Å². The van der Waals surface area contributed by atoms with Crippen LogP contribution >= 0.6 is 12.6 Å². The summed E-state index contributed by atoms with van der Waals surface area (Å²) < 4.78 is 0.963. The van der Waals surface area contributed by atoms with Crippen molar-refractivity contribution in [1.82, 2.24) is 4.98 Å². The van der Waals surface area contributed by atoms with E-state index in [1.54, 1.807) is 18.3 Å². The van der Waals surface area contributed by atoms with Crippen LogP contribution in [0.5, 0.6) is 0 Å². The molecule has 0 saturated carbocycles. The van der Waals surface area contributed by atoms with Crippen molar-refractivity contribution in [2.75, 3.05) is 0 Å². The molecule has 1 rings (SSSR count). The summed E-state index contributed by atoms with van der Waals surface area (Å²) >= 11 is 2.73. The molecule has 0 aliphatic heterocycles. The van der Waals surface area contributed by atoms with Crippen molar-refractivity contribution in [2.45, 2.75) is 11.4 Å². The first-order valence-corrected chi connectivity index (χ1v) is 8.62. The number of nitrogens with zero attached hydrogens (tertiary/aromatic N) is 1. The number of thiol groups is 1. The standard InChI is InChI=1S/C8H10AsNOS/c1-9(2)7-6(8(11)12)4-3-5-10-7/h3-5H,1-2H3,(H,11,12). The molecule has 0 spiro atoms. The summed E-state index contributed by atoms with van der Waals surface area (Å²) in [5.74, 6) is 0. The SMILES string of the molecule is C[As](C)c1ncccc1C(=O)S. The Morgan fingerprint density at radius 3 is 2.67 bits per heavy atom. The van der Waals surface area contributed by atoms with Gasteiger partial charge in [-0.15, -0.1) is 0 Å². The molecule has 0 N–H and O–H groups in total. The van der Waals surface area contributed by atoms with Gasteiger partial charge in [0.25, 0.3) is 0 Å². The molecule has 64 valence electrons. The van der Waals surface area contributed by atoms with Gasteiger partial charge in [0.2, 0.25) is 0 Å². The molecule has 0 unspecified atom stereocenters. The van der Waals surface area contributed by atoms with Gasteiger partial charge in [-0.2, -0.15) is 0 Å². The molecule has 12 heavy (non-hydrogen) atoms. The quantitative estimate of drug-likeness (QED) is 0.623. The number of carbonyl (C=O) groups excluding carboxylic acids is 1. The molecule has 0 aliphatic carbocycles. The molecule has 1 aromatic rings. The fourth-order valence-electron chi connectivity index (χ4n) is 0.920. The van der Waals surface area contributed by atoms with Gasteiger partial charge >= 0.3 is 82.0 Å². The number of hydrogen-bond donors (Lipinski definition) is 1. The first-order valence-electron chi connectivity index (χ1n) is 3.48. The second kappa shape index (κ2) is 4.10. The molecule has 0 aliphatic rings. The van der Waals surface area contributed by atoms with Gasteiger partial charge in [-0.05, 0) is 0 Å². The van der Waals surface area contributed by atoms with Gasteiger partial charge in [-0.3, -0.25) is 0 Å². The van der Waals surface area contributed by atoms with Crippen LogP contribution < -0.4 is 4.48 Å². The van der Waals surface area contributed by atoms with Crippen LogP contribution in [0.15, 0.2) is 18.3 Å². The van der Waals surface area contributed by atoms with Crippen LogP contribution in [0.25, 0.3) is 0 Å². The molecule has 0 amide bonds. The molecule has 0 bridgehead atoms. The average Bonchev–Trinajstić information content (AvgIpc) is 2.04. The fourth-order valence-corrected chi connectivity index (χ4v) is 3.30. The van der Waals surface area contributed by atoms with Gasteiger partial charge in [0, 0.05) is 0 Å². The molecule has 0 saturated heterocycles. The number of hydrogen-bond acceptors (Lipinski definition) is 2. The Kier molecular flexibility index (Phi) is 3.36. The van der Waals surface area contributed by atoms with Crippen LogP contribution in [-0.4, -0.2) is 24.8 Å². The molecule has 0 radical (unpaired) electrons. The summed E-state index contributed by atoms with van der Waals surface area (Å²) in [4.78, 5) is 15.2. The van der Waals surface area contributed by atoms with Crippen molar-refractivity contribution in [3.8, 4) is 0 Å². The van der Waals surface area contributed by atoms with E-state index < -0.39 is 14.7 Å². The molecule has 1 aromatic heterocycles. The summed E-state index contributed by atoms with van der Waals surface area (Å²) in [6.07, 6.45) is 1.73. The van der Waals surface area contributed by atoms with Crippen molar-refractivity contribution in [2.24, 2.45) is 0 Å². The zero-order valence-corrected chi connectivity index (χ0v) is 9.75. The molecule has 0 fully saturated rings. The van der Waals surface area contributed by atoms with Crippen LogP contribution in [0.4, 0.5) is 0 Å². The molecular formula is C8H10AsNOS. The summed E-state index contributed by atoms with van der Waals surface area (Å²) in [6, 6.07) is 3.55. The van der Waals surface area contributed by atoms with Crippen molar-refractivity contribution in [3.05, 3.63) is 23.9 Å². The van der Waals surface area contributed by atoms with Crippen molar-refractivity contribution < 1.29 is 4.79 Å². The summed E-state index contributed by atoms with van der Waals surface area (Å²) in [5.41, 5.74) is 4.97. The van der Waals surface area contributed by atoms with Gasteiger partial charge in [0.05, 0.1) is 0 Å². The second-order valence-corrected chi connectivity index (χ2v) is 7.62. The van der Waals surface area contributed by atoms with Gasteiger partial charge in [0.1, 0.15) is 0 Å². The average molecular weight is 243 g/mol.